The van der Waals surface area contributed by atoms with Crippen molar-refractivity contribution in [2.45, 2.75) is 6.42 Å². The Balaban J connectivity index is 1.76. The van der Waals surface area contributed by atoms with E-state index < -0.39 is 0 Å². The lowest BCUT2D eigenvalue weighted by atomic mass is 10.1. The summed E-state index contributed by atoms with van der Waals surface area (Å²) in [7, 11) is 4.02. The van der Waals surface area contributed by atoms with Gasteiger partial charge < -0.3 is 20.5 Å². The topological polar surface area (TPSA) is 65.4 Å². The van der Waals surface area contributed by atoms with E-state index in [2.05, 4.69) is 16.9 Å². The highest BCUT2D eigenvalue weighted by Gasteiger charge is 2.24. The van der Waals surface area contributed by atoms with Crippen molar-refractivity contribution in [3.8, 4) is 0 Å². The summed E-state index contributed by atoms with van der Waals surface area (Å²) in [6, 6.07) is 5.60. The van der Waals surface area contributed by atoms with E-state index in [4.69, 9.17) is 5.73 Å². The maximum Gasteiger partial charge on any atom is 0.255 e. The number of aromatic amines is 1. The fourth-order valence-electron chi connectivity index (χ4n) is 3.17. The predicted octanol–water partition coefficient (Wildman–Crippen LogP) is 1.77. The lowest BCUT2D eigenvalue weighted by Gasteiger charge is -2.21. The number of nitrogens with zero attached hydrogens (tertiary/aromatic N) is 2. The van der Waals surface area contributed by atoms with Crippen molar-refractivity contribution in [2.75, 3.05) is 39.5 Å². The first-order valence-electron chi connectivity index (χ1n) is 7.35. The van der Waals surface area contributed by atoms with E-state index in [-0.39, 0.29) is 5.91 Å². The van der Waals surface area contributed by atoms with Crippen LogP contribution < -0.4 is 5.73 Å². The first-order chi connectivity index (χ1) is 10.0. The Morgan fingerprint density at radius 2 is 2.33 bits per heavy atom. The van der Waals surface area contributed by atoms with Crippen LogP contribution in [0.25, 0.3) is 10.9 Å². The minimum atomic E-state index is 0.0700. The summed E-state index contributed by atoms with van der Waals surface area (Å²) >= 11 is 0. The minimum absolute atomic E-state index is 0.0700. The molecule has 1 unspecified atom stereocenters. The Kier molecular flexibility index (Phi) is 3.59. The number of benzene rings is 1. The molecule has 1 aromatic heterocycles. The number of aromatic nitrogens is 1. The number of hydrogen-bond donors (Lipinski definition) is 2. The molecule has 21 heavy (non-hydrogen) atoms. The Morgan fingerprint density at radius 1 is 1.52 bits per heavy atom. The molecule has 1 aromatic carbocycles. The van der Waals surface area contributed by atoms with Crippen molar-refractivity contribution < 1.29 is 4.79 Å². The number of hydrogen-bond acceptors (Lipinski definition) is 3. The Morgan fingerprint density at radius 3 is 3.05 bits per heavy atom. The summed E-state index contributed by atoms with van der Waals surface area (Å²) in [6.45, 7) is 3.01. The van der Waals surface area contributed by atoms with Crippen LogP contribution in [-0.4, -0.2) is 54.4 Å². The molecule has 112 valence electrons. The zero-order valence-electron chi connectivity index (χ0n) is 12.6. The Labute approximate surface area is 124 Å². The van der Waals surface area contributed by atoms with Crippen LogP contribution in [0.4, 0.5) is 5.69 Å². The number of nitrogen functional groups attached to an aromatic ring is 1. The van der Waals surface area contributed by atoms with Crippen LogP contribution in [0, 0.1) is 5.92 Å². The SMILES string of the molecule is CN1CCC(CN(C)C(=O)c2c[nH]c3cc(N)ccc23)C1. The minimum Gasteiger partial charge on any atom is -0.399 e. The molecule has 0 saturated carbocycles. The van der Waals surface area contributed by atoms with Gasteiger partial charge in [-0.2, -0.15) is 0 Å². The van der Waals surface area contributed by atoms with E-state index in [1.54, 1.807) is 6.20 Å². The molecule has 2 heterocycles. The summed E-state index contributed by atoms with van der Waals surface area (Å²) in [5.74, 6) is 0.644. The quantitative estimate of drug-likeness (QED) is 0.845. The molecule has 0 spiro atoms. The van der Waals surface area contributed by atoms with Crippen LogP contribution in [-0.2, 0) is 0 Å². The van der Waals surface area contributed by atoms with Crippen molar-refractivity contribution in [1.82, 2.24) is 14.8 Å². The molecule has 5 nitrogen and oxygen atoms in total. The normalized spacial score (nSPS) is 19.2. The average Bonchev–Trinajstić information content (AvgIpc) is 3.03. The summed E-state index contributed by atoms with van der Waals surface area (Å²) < 4.78 is 0. The van der Waals surface area contributed by atoms with Gasteiger partial charge in [0, 0.05) is 42.9 Å². The number of H-pyrrole nitrogens is 1. The predicted molar refractivity (Wildman–Crippen MR) is 85.3 cm³/mol. The van der Waals surface area contributed by atoms with Gasteiger partial charge in [-0.25, -0.2) is 0 Å². The van der Waals surface area contributed by atoms with Crippen molar-refractivity contribution in [2.24, 2.45) is 5.92 Å². The van der Waals surface area contributed by atoms with E-state index in [1.807, 2.05) is 30.1 Å². The third-order valence-corrected chi connectivity index (χ3v) is 4.30. The standard InChI is InChI=1S/C16H22N4O/c1-19-6-5-11(9-19)10-20(2)16(21)14-8-18-15-7-12(17)3-4-13(14)15/h3-4,7-8,11,18H,5-6,9-10,17H2,1-2H3. The largest absolute Gasteiger partial charge is 0.399 e. The molecule has 0 bridgehead atoms. The van der Waals surface area contributed by atoms with Gasteiger partial charge >= 0.3 is 0 Å². The molecule has 1 saturated heterocycles. The van der Waals surface area contributed by atoms with Crippen LogP contribution in [0.15, 0.2) is 24.4 Å². The van der Waals surface area contributed by atoms with Crippen LogP contribution in [0.2, 0.25) is 0 Å². The Hall–Kier alpha value is -2.01. The fourth-order valence-corrected chi connectivity index (χ4v) is 3.17. The summed E-state index contributed by atoms with van der Waals surface area (Å²) in [5.41, 5.74) is 8.10. The molecule has 0 aliphatic carbocycles. The van der Waals surface area contributed by atoms with Gasteiger partial charge in [-0.05, 0) is 44.1 Å². The molecule has 1 aliphatic rings. The highest BCUT2D eigenvalue weighted by Crippen LogP contribution is 2.23. The highest BCUT2D eigenvalue weighted by molar-refractivity contribution is 6.07. The maximum absolute atomic E-state index is 12.6. The second-order valence-electron chi connectivity index (χ2n) is 6.11. The highest BCUT2D eigenvalue weighted by atomic mass is 16.2. The van der Waals surface area contributed by atoms with Gasteiger partial charge in [0.2, 0.25) is 0 Å². The number of carbonyl (C=O) groups excluding carboxylic acids is 1. The van der Waals surface area contributed by atoms with E-state index in [9.17, 15) is 4.79 Å². The molecular weight excluding hydrogens is 264 g/mol. The number of anilines is 1. The maximum atomic E-state index is 12.6. The van der Waals surface area contributed by atoms with Gasteiger partial charge in [0.1, 0.15) is 0 Å². The van der Waals surface area contributed by atoms with Crippen molar-refractivity contribution in [1.29, 1.82) is 0 Å². The van der Waals surface area contributed by atoms with Gasteiger partial charge in [0.15, 0.2) is 0 Å². The van der Waals surface area contributed by atoms with Crippen LogP contribution in [0.3, 0.4) is 0 Å². The molecule has 3 N–H and O–H groups in total. The average molecular weight is 286 g/mol. The number of fused-ring (bicyclic) bond motifs is 1. The van der Waals surface area contributed by atoms with E-state index in [1.165, 1.54) is 6.42 Å². The summed E-state index contributed by atoms with van der Waals surface area (Å²) in [6.07, 6.45) is 2.95. The second kappa shape index (κ2) is 5.41. The third-order valence-electron chi connectivity index (χ3n) is 4.30. The number of amides is 1. The van der Waals surface area contributed by atoms with Crippen LogP contribution in [0.1, 0.15) is 16.8 Å². The van der Waals surface area contributed by atoms with Gasteiger partial charge in [-0.3, -0.25) is 4.79 Å². The number of nitrogens with two attached hydrogens (primary N) is 1. The molecule has 5 heteroatoms. The first-order valence-corrected chi connectivity index (χ1v) is 7.35. The number of likely N-dealkylation sites (tertiary alicyclic amines) is 1. The van der Waals surface area contributed by atoms with Gasteiger partial charge in [-0.15, -0.1) is 0 Å². The third kappa shape index (κ3) is 2.74. The van der Waals surface area contributed by atoms with Crippen molar-refractivity contribution in [3.05, 3.63) is 30.0 Å². The molecule has 1 atom stereocenters. The van der Waals surface area contributed by atoms with Gasteiger partial charge in [0.05, 0.1) is 5.56 Å². The van der Waals surface area contributed by atoms with E-state index in [0.717, 1.165) is 36.1 Å². The van der Waals surface area contributed by atoms with Crippen molar-refractivity contribution >= 4 is 22.5 Å². The molecule has 0 radical (unpaired) electrons. The number of nitrogens with one attached hydrogen (secondary N) is 1. The first kappa shape index (κ1) is 13.9. The van der Waals surface area contributed by atoms with Crippen LogP contribution in [0.5, 0.6) is 0 Å². The zero-order chi connectivity index (χ0) is 15.0. The van der Waals surface area contributed by atoms with Gasteiger partial charge in [-0.1, -0.05) is 0 Å². The zero-order valence-corrected chi connectivity index (χ0v) is 12.6. The van der Waals surface area contributed by atoms with E-state index >= 15 is 0 Å². The monoisotopic (exact) mass is 286 g/mol. The molecular formula is C16H22N4O. The molecule has 1 fully saturated rings. The van der Waals surface area contributed by atoms with Crippen molar-refractivity contribution in [3.63, 3.8) is 0 Å². The number of carbonyl (C=O) groups is 1. The molecule has 3 rings (SSSR count). The number of rotatable bonds is 3. The Bertz CT molecular complexity index is 663. The van der Waals surface area contributed by atoms with Crippen LogP contribution >= 0.6 is 0 Å². The smallest absolute Gasteiger partial charge is 0.255 e. The summed E-state index contributed by atoms with van der Waals surface area (Å²) in [4.78, 5) is 19.9. The second-order valence-corrected chi connectivity index (χ2v) is 6.11. The van der Waals surface area contributed by atoms with E-state index in [0.29, 0.717) is 11.6 Å². The summed E-state index contributed by atoms with van der Waals surface area (Å²) in [5, 5.41) is 0.935. The lowest BCUT2D eigenvalue weighted by molar-refractivity contribution is 0.0776. The molecule has 1 aliphatic heterocycles. The fraction of sp³-hybridized carbons (Fsp3) is 0.438. The van der Waals surface area contributed by atoms with Gasteiger partial charge in [0.25, 0.3) is 5.91 Å². The lowest BCUT2D eigenvalue weighted by Crippen LogP contribution is -2.32. The molecule has 2 aromatic rings. The molecule has 1 amide bonds.